The predicted molar refractivity (Wildman–Crippen MR) is 65.7 cm³/mol. The van der Waals surface area contributed by atoms with Crippen LogP contribution in [-0.2, 0) is 16.4 Å². The Balaban J connectivity index is 2.40. The van der Waals surface area contributed by atoms with Gasteiger partial charge in [0.2, 0.25) is 5.43 Å². The van der Waals surface area contributed by atoms with Crippen molar-refractivity contribution in [2.45, 2.75) is 13.5 Å². The highest BCUT2D eigenvalue weighted by Gasteiger charge is 2.05. The number of rotatable bonds is 4. The summed E-state index contributed by atoms with van der Waals surface area (Å²) in [7, 11) is 0. The van der Waals surface area contributed by atoms with E-state index in [1.165, 1.54) is 6.20 Å². The Kier molecular flexibility index (Phi) is 3.72. The first kappa shape index (κ1) is 12.3. The number of nitrogens with one attached hydrogen (secondary N) is 1. The molecule has 2 aromatic rings. The van der Waals surface area contributed by atoms with Crippen molar-refractivity contribution in [3.05, 3.63) is 45.7 Å². The summed E-state index contributed by atoms with van der Waals surface area (Å²) in [6.45, 7) is 2.55. The molecular weight excluding hydrogens is 232 g/mol. The maximum Gasteiger partial charge on any atom is 0.207 e. The van der Waals surface area contributed by atoms with E-state index in [1.807, 2.05) is 19.1 Å². The van der Waals surface area contributed by atoms with E-state index in [9.17, 15) is 4.79 Å². The molecule has 5 heteroatoms. The molecule has 0 aliphatic rings. The fourth-order valence-corrected chi connectivity index (χ4v) is 1.63. The summed E-state index contributed by atoms with van der Waals surface area (Å²) in [6.07, 6.45) is 1.42. The summed E-state index contributed by atoms with van der Waals surface area (Å²) in [5.41, 5.74) is 1.34. The highest BCUT2D eigenvalue weighted by Crippen LogP contribution is 2.12. The molecule has 0 radical (unpaired) electrons. The smallest absolute Gasteiger partial charge is 0.207 e. The average Bonchev–Trinajstić information content (AvgIpc) is 2.40. The maximum absolute atomic E-state index is 11.9. The molecule has 0 fully saturated rings. The minimum atomic E-state index is -0.274. The zero-order valence-electron chi connectivity index (χ0n) is 9.90. The van der Waals surface area contributed by atoms with Crippen molar-refractivity contribution < 1.29 is 9.78 Å². The van der Waals surface area contributed by atoms with Crippen LogP contribution in [0.15, 0.2) is 29.2 Å². The molecular formula is C13H12N2O3. The molecule has 0 saturated heterocycles. The molecule has 5 nitrogen and oxygen atoms in total. The van der Waals surface area contributed by atoms with Gasteiger partial charge in [0.1, 0.15) is 18.2 Å². The van der Waals surface area contributed by atoms with Crippen LogP contribution in [-0.4, -0.2) is 11.6 Å². The number of benzene rings is 1. The average molecular weight is 244 g/mol. The van der Waals surface area contributed by atoms with E-state index in [0.29, 0.717) is 17.5 Å². The van der Waals surface area contributed by atoms with Crippen molar-refractivity contribution in [2.75, 3.05) is 6.61 Å². The number of hydrogen-bond acceptors (Lipinski definition) is 4. The third kappa shape index (κ3) is 2.40. The van der Waals surface area contributed by atoms with Crippen LogP contribution in [0.2, 0.25) is 0 Å². The van der Waals surface area contributed by atoms with Crippen LogP contribution >= 0.6 is 0 Å². The molecule has 1 aromatic heterocycles. The zero-order valence-corrected chi connectivity index (χ0v) is 9.90. The Hall–Kier alpha value is -2.16. The number of pyridine rings is 1. The van der Waals surface area contributed by atoms with E-state index in [1.54, 1.807) is 12.1 Å². The second kappa shape index (κ2) is 5.45. The molecule has 0 bridgehead atoms. The summed E-state index contributed by atoms with van der Waals surface area (Å²) >= 11 is 0. The van der Waals surface area contributed by atoms with E-state index in [-0.39, 0.29) is 17.6 Å². The van der Waals surface area contributed by atoms with Gasteiger partial charge in [-0.3, -0.25) is 4.79 Å². The van der Waals surface area contributed by atoms with Crippen molar-refractivity contribution in [2.24, 2.45) is 0 Å². The largest absolute Gasteiger partial charge is 0.360 e. The quantitative estimate of drug-likeness (QED) is 0.506. The van der Waals surface area contributed by atoms with Gasteiger partial charge in [-0.25, -0.2) is 9.78 Å². The maximum atomic E-state index is 11.9. The molecule has 2 rings (SSSR count). The van der Waals surface area contributed by atoms with Crippen molar-refractivity contribution >= 4 is 10.9 Å². The lowest BCUT2D eigenvalue weighted by Gasteiger charge is -2.04. The van der Waals surface area contributed by atoms with Crippen LogP contribution in [0.3, 0.4) is 0 Å². The molecule has 0 aliphatic carbocycles. The highest BCUT2D eigenvalue weighted by atomic mass is 17.2. The molecule has 0 aliphatic heterocycles. The van der Waals surface area contributed by atoms with Gasteiger partial charge < -0.3 is 4.98 Å². The van der Waals surface area contributed by atoms with Gasteiger partial charge in [0.25, 0.3) is 0 Å². The molecule has 1 heterocycles. The lowest BCUT2D eigenvalue weighted by molar-refractivity contribution is -0.300. The van der Waals surface area contributed by atoms with Crippen LogP contribution in [0.4, 0.5) is 0 Å². The van der Waals surface area contributed by atoms with Crippen LogP contribution in [0.25, 0.3) is 10.9 Å². The molecule has 0 atom stereocenters. The van der Waals surface area contributed by atoms with Crippen molar-refractivity contribution in [1.82, 2.24) is 4.98 Å². The number of hydrogen-bond donors (Lipinski definition) is 1. The standard InChI is InChI=1S/C13H12N2O3/c1-2-17-18-8-9-3-4-12-11(5-9)13(16)10(6-14)7-15-12/h3-5,7H,2,8H2,1H3,(H,15,16). The Morgan fingerprint density at radius 3 is 2.94 bits per heavy atom. The summed E-state index contributed by atoms with van der Waals surface area (Å²) in [6, 6.07) is 7.18. The van der Waals surface area contributed by atoms with Gasteiger partial charge >= 0.3 is 0 Å². The predicted octanol–water partition coefficient (Wildman–Crippen LogP) is 1.87. The lowest BCUT2D eigenvalue weighted by Crippen LogP contribution is -2.07. The number of nitrogens with zero attached hydrogens (tertiary/aromatic N) is 1. The van der Waals surface area contributed by atoms with Crippen molar-refractivity contribution in [3.8, 4) is 6.07 Å². The van der Waals surface area contributed by atoms with Crippen LogP contribution < -0.4 is 5.43 Å². The monoisotopic (exact) mass is 244 g/mol. The van der Waals surface area contributed by atoms with Gasteiger partial charge in [-0.1, -0.05) is 6.07 Å². The Morgan fingerprint density at radius 1 is 1.39 bits per heavy atom. The van der Waals surface area contributed by atoms with E-state index in [4.69, 9.17) is 15.0 Å². The summed E-state index contributed by atoms with van der Waals surface area (Å²) in [5, 5.41) is 9.28. The molecule has 0 amide bonds. The summed E-state index contributed by atoms with van der Waals surface area (Å²) < 4.78 is 0. The second-order valence-corrected chi connectivity index (χ2v) is 3.69. The highest BCUT2D eigenvalue weighted by molar-refractivity contribution is 5.80. The van der Waals surface area contributed by atoms with Gasteiger partial charge in [0.05, 0.1) is 6.61 Å². The summed E-state index contributed by atoms with van der Waals surface area (Å²) in [5.74, 6) is 0. The molecule has 92 valence electrons. The molecule has 1 aromatic carbocycles. The molecule has 0 saturated carbocycles. The van der Waals surface area contributed by atoms with Gasteiger partial charge in [-0.2, -0.15) is 5.26 Å². The van der Waals surface area contributed by atoms with E-state index >= 15 is 0 Å². The van der Waals surface area contributed by atoms with Gasteiger partial charge in [-0.05, 0) is 24.6 Å². The fraction of sp³-hybridized carbons (Fsp3) is 0.231. The second-order valence-electron chi connectivity index (χ2n) is 3.69. The van der Waals surface area contributed by atoms with Gasteiger partial charge in [-0.15, -0.1) is 0 Å². The first-order chi connectivity index (χ1) is 8.76. The SMILES string of the molecule is CCOOCc1ccc2[nH]cc(C#N)c(=O)c2c1. The summed E-state index contributed by atoms with van der Waals surface area (Å²) in [4.78, 5) is 24.6. The number of aromatic amines is 1. The van der Waals surface area contributed by atoms with E-state index in [2.05, 4.69) is 4.98 Å². The van der Waals surface area contributed by atoms with Gasteiger partial charge in [0, 0.05) is 17.1 Å². The van der Waals surface area contributed by atoms with E-state index in [0.717, 1.165) is 5.56 Å². The van der Waals surface area contributed by atoms with Crippen molar-refractivity contribution in [1.29, 1.82) is 5.26 Å². The Labute approximate surface area is 104 Å². The van der Waals surface area contributed by atoms with Crippen LogP contribution in [0, 0.1) is 11.3 Å². The first-order valence-corrected chi connectivity index (χ1v) is 5.55. The molecule has 0 unspecified atom stereocenters. The molecule has 1 N–H and O–H groups in total. The number of fused-ring (bicyclic) bond motifs is 1. The van der Waals surface area contributed by atoms with E-state index < -0.39 is 0 Å². The van der Waals surface area contributed by atoms with Crippen LogP contribution in [0.5, 0.6) is 0 Å². The van der Waals surface area contributed by atoms with Crippen LogP contribution in [0.1, 0.15) is 18.1 Å². The zero-order chi connectivity index (χ0) is 13.0. The first-order valence-electron chi connectivity index (χ1n) is 5.55. The number of H-pyrrole nitrogens is 1. The Morgan fingerprint density at radius 2 is 2.22 bits per heavy atom. The normalized spacial score (nSPS) is 10.4. The minimum absolute atomic E-state index is 0.102. The van der Waals surface area contributed by atoms with Gasteiger partial charge in [0.15, 0.2) is 0 Å². The third-order valence-electron chi connectivity index (χ3n) is 2.49. The third-order valence-corrected chi connectivity index (χ3v) is 2.49. The minimum Gasteiger partial charge on any atom is -0.360 e. The Bertz CT molecular complexity index is 655. The molecule has 0 spiro atoms. The van der Waals surface area contributed by atoms with Crippen molar-refractivity contribution in [3.63, 3.8) is 0 Å². The molecule has 18 heavy (non-hydrogen) atoms. The number of aromatic nitrogens is 1. The number of nitriles is 1. The lowest BCUT2D eigenvalue weighted by atomic mass is 10.1. The fourth-order valence-electron chi connectivity index (χ4n) is 1.63. The topological polar surface area (TPSA) is 75.1 Å².